The third kappa shape index (κ3) is 4.25. The van der Waals surface area contributed by atoms with Gasteiger partial charge in [0, 0.05) is 6.20 Å². The van der Waals surface area contributed by atoms with Crippen LogP contribution in [0.4, 0.5) is 10.7 Å². The maximum absolute atomic E-state index is 11.8. The summed E-state index contributed by atoms with van der Waals surface area (Å²) >= 11 is 5.98. The molecule has 0 aromatic carbocycles. The second-order valence-corrected chi connectivity index (χ2v) is 6.47. The summed E-state index contributed by atoms with van der Waals surface area (Å²) in [5.41, 5.74) is 5.21. The van der Waals surface area contributed by atoms with Crippen molar-refractivity contribution in [1.29, 1.82) is 0 Å². The summed E-state index contributed by atoms with van der Waals surface area (Å²) in [7, 11) is 0. The van der Waals surface area contributed by atoms with Crippen molar-refractivity contribution in [3.05, 3.63) is 17.4 Å². The molecule has 0 aliphatic heterocycles. The van der Waals surface area contributed by atoms with E-state index in [2.05, 4.69) is 15.3 Å². The number of amides is 1. The molecule has 0 fully saturated rings. The minimum atomic E-state index is -1.22. The van der Waals surface area contributed by atoms with Crippen LogP contribution in [0.1, 0.15) is 20.8 Å². The van der Waals surface area contributed by atoms with Crippen LogP contribution < -0.4 is 11.1 Å². The number of carboxylic acids is 1. The number of hydrogen-bond donors (Lipinski definition) is 3. The van der Waals surface area contributed by atoms with Gasteiger partial charge in [0.25, 0.3) is 0 Å². The molecule has 1 atom stereocenters. The van der Waals surface area contributed by atoms with E-state index in [-0.39, 0.29) is 17.6 Å². The Bertz CT molecular complexity index is 783. The molecule has 1 amide bonds. The first kappa shape index (κ1) is 17.8. The number of fused-ring (bicyclic) bond motifs is 1. The van der Waals surface area contributed by atoms with E-state index in [1.165, 1.54) is 4.57 Å². The first-order valence-corrected chi connectivity index (χ1v) is 7.45. The quantitative estimate of drug-likeness (QED) is 0.710. The molecule has 2 aromatic rings. The van der Waals surface area contributed by atoms with Crippen LogP contribution in [0.15, 0.2) is 12.3 Å². The predicted molar refractivity (Wildman–Crippen MR) is 87.7 cm³/mol. The molecular weight excluding hydrogens is 338 g/mol. The van der Waals surface area contributed by atoms with Crippen LogP contribution in [0.5, 0.6) is 0 Å². The van der Waals surface area contributed by atoms with Crippen LogP contribution in [0.2, 0.25) is 5.15 Å². The second kappa shape index (κ2) is 6.52. The number of ether oxygens (including phenoxy) is 1. The molecule has 130 valence electrons. The third-order valence-electron chi connectivity index (χ3n) is 2.96. The highest BCUT2D eigenvalue weighted by molar-refractivity contribution is 6.34. The summed E-state index contributed by atoms with van der Waals surface area (Å²) in [4.78, 5) is 31.1. The fourth-order valence-corrected chi connectivity index (χ4v) is 2.26. The van der Waals surface area contributed by atoms with Crippen LogP contribution in [-0.2, 0) is 16.1 Å². The number of carboxylic acid groups (broad SMARTS) is 1. The zero-order valence-electron chi connectivity index (χ0n) is 13.4. The Morgan fingerprint density at radius 1 is 1.46 bits per heavy atom. The van der Waals surface area contributed by atoms with E-state index in [1.807, 2.05) is 0 Å². The number of halogens is 1. The first-order chi connectivity index (χ1) is 11.1. The van der Waals surface area contributed by atoms with Crippen molar-refractivity contribution in [2.75, 3.05) is 5.73 Å². The number of aromatic nitrogens is 3. The van der Waals surface area contributed by atoms with Gasteiger partial charge in [0.2, 0.25) is 5.95 Å². The Morgan fingerprint density at radius 3 is 2.71 bits per heavy atom. The van der Waals surface area contributed by atoms with E-state index >= 15 is 0 Å². The fraction of sp³-hybridized carbons (Fsp3) is 0.429. The maximum Gasteiger partial charge on any atom is 0.408 e. The second-order valence-electron chi connectivity index (χ2n) is 6.12. The number of nitrogens with one attached hydrogen (secondary N) is 1. The monoisotopic (exact) mass is 355 g/mol. The lowest BCUT2D eigenvalue weighted by Crippen LogP contribution is -2.45. The standard InChI is InChI=1S/C14H18ClN5O4/c1-14(2,3)24-13(23)17-8(11(21)22)6-20-5-4-7-9(15)18-12(16)19-10(7)20/h4-5,8H,6H2,1-3H3,(H,17,23)(H,21,22)(H2,16,18,19)/t8-/m0/s1. The number of aliphatic carboxylic acids is 1. The van der Waals surface area contributed by atoms with Crippen LogP contribution in [0.25, 0.3) is 11.0 Å². The maximum atomic E-state index is 11.8. The van der Waals surface area contributed by atoms with E-state index in [4.69, 9.17) is 22.1 Å². The van der Waals surface area contributed by atoms with Gasteiger partial charge in [0.1, 0.15) is 22.4 Å². The molecule has 10 heteroatoms. The molecule has 2 aromatic heterocycles. The zero-order chi connectivity index (χ0) is 18.1. The summed E-state index contributed by atoms with van der Waals surface area (Å²) in [6.07, 6.45) is 0.774. The number of rotatable bonds is 4. The highest BCUT2D eigenvalue weighted by atomic mass is 35.5. The summed E-state index contributed by atoms with van der Waals surface area (Å²) in [6, 6.07) is 0.425. The smallest absolute Gasteiger partial charge is 0.408 e. The minimum Gasteiger partial charge on any atom is -0.480 e. The van der Waals surface area contributed by atoms with E-state index < -0.39 is 23.7 Å². The molecule has 2 heterocycles. The molecule has 0 saturated carbocycles. The van der Waals surface area contributed by atoms with Crippen LogP contribution in [0.3, 0.4) is 0 Å². The molecule has 0 aliphatic rings. The molecule has 0 bridgehead atoms. The van der Waals surface area contributed by atoms with Crippen LogP contribution in [-0.4, -0.2) is 43.3 Å². The van der Waals surface area contributed by atoms with Crippen molar-refractivity contribution in [3.63, 3.8) is 0 Å². The van der Waals surface area contributed by atoms with Crippen molar-refractivity contribution in [2.45, 2.75) is 39.0 Å². The number of nitrogens with two attached hydrogens (primary N) is 1. The van der Waals surface area contributed by atoms with Gasteiger partial charge in [-0.25, -0.2) is 14.6 Å². The Labute approximate surface area is 142 Å². The van der Waals surface area contributed by atoms with Gasteiger partial charge < -0.3 is 25.5 Å². The normalized spacial score (nSPS) is 12.8. The first-order valence-electron chi connectivity index (χ1n) is 7.07. The number of alkyl carbamates (subject to hydrolysis) is 1. The van der Waals surface area contributed by atoms with Crippen molar-refractivity contribution in [3.8, 4) is 0 Å². The Kier molecular flexibility index (Phi) is 4.83. The number of anilines is 1. The highest BCUT2D eigenvalue weighted by Crippen LogP contribution is 2.22. The predicted octanol–water partition coefficient (Wildman–Crippen LogP) is 1.64. The highest BCUT2D eigenvalue weighted by Gasteiger charge is 2.25. The molecule has 2 rings (SSSR count). The molecule has 0 aliphatic carbocycles. The Balaban J connectivity index is 2.23. The fourth-order valence-electron chi connectivity index (χ4n) is 2.02. The number of hydrogen-bond acceptors (Lipinski definition) is 6. The SMILES string of the molecule is CC(C)(C)OC(=O)N[C@@H](Cn1ccc2c(Cl)nc(N)nc21)C(=O)O. The largest absolute Gasteiger partial charge is 0.480 e. The molecular formula is C14H18ClN5O4. The van der Waals surface area contributed by atoms with Crippen molar-refractivity contribution < 1.29 is 19.4 Å². The number of nitrogen functional groups attached to an aromatic ring is 1. The average Bonchev–Trinajstić information content (AvgIpc) is 2.79. The molecule has 0 spiro atoms. The van der Waals surface area contributed by atoms with Crippen molar-refractivity contribution >= 4 is 40.6 Å². The number of carbonyl (C=O) groups is 2. The summed E-state index contributed by atoms with van der Waals surface area (Å²) in [5.74, 6) is -1.24. The molecule has 4 N–H and O–H groups in total. The average molecular weight is 356 g/mol. The molecule has 24 heavy (non-hydrogen) atoms. The van der Waals surface area contributed by atoms with E-state index in [0.29, 0.717) is 11.0 Å². The van der Waals surface area contributed by atoms with E-state index in [1.54, 1.807) is 33.0 Å². The zero-order valence-corrected chi connectivity index (χ0v) is 14.2. The molecule has 0 unspecified atom stereocenters. The number of carbonyl (C=O) groups excluding carboxylic acids is 1. The van der Waals surface area contributed by atoms with Crippen LogP contribution >= 0.6 is 11.6 Å². The summed E-state index contributed by atoms with van der Waals surface area (Å²) < 4.78 is 6.60. The van der Waals surface area contributed by atoms with E-state index in [0.717, 1.165) is 0 Å². The van der Waals surface area contributed by atoms with Gasteiger partial charge in [-0.3, -0.25) is 0 Å². The Hall–Kier alpha value is -2.55. The summed E-state index contributed by atoms with van der Waals surface area (Å²) in [5, 5.41) is 12.4. The lowest BCUT2D eigenvalue weighted by molar-refractivity contribution is -0.139. The van der Waals surface area contributed by atoms with Gasteiger partial charge >= 0.3 is 12.1 Å². The van der Waals surface area contributed by atoms with Gasteiger partial charge in [-0.15, -0.1) is 0 Å². The topological polar surface area (TPSA) is 132 Å². The number of nitrogens with zero attached hydrogens (tertiary/aromatic N) is 3. The van der Waals surface area contributed by atoms with Crippen molar-refractivity contribution in [2.24, 2.45) is 0 Å². The third-order valence-corrected chi connectivity index (χ3v) is 3.25. The van der Waals surface area contributed by atoms with Gasteiger partial charge in [-0.1, -0.05) is 11.6 Å². The minimum absolute atomic E-state index is 0.0283. The van der Waals surface area contributed by atoms with E-state index in [9.17, 15) is 14.7 Å². The van der Waals surface area contributed by atoms with Gasteiger partial charge in [-0.05, 0) is 26.8 Å². The molecule has 0 radical (unpaired) electrons. The van der Waals surface area contributed by atoms with Gasteiger partial charge in [0.15, 0.2) is 0 Å². The van der Waals surface area contributed by atoms with Gasteiger partial charge in [-0.2, -0.15) is 4.98 Å². The lowest BCUT2D eigenvalue weighted by atomic mass is 10.2. The molecule has 0 saturated heterocycles. The van der Waals surface area contributed by atoms with Gasteiger partial charge in [0.05, 0.1) is 11.9 Å². The molecule has 9 nitrogen and oxygen atoms in total. The lowest BCUT2D eigenvalue weighted by Gasteiger charge is -2.22. The summed E-state index contributed by atoms with van der Waals surface area (Å²) in [6.45, 7) is 4.97. The van der Waals surface area contributed by atoms with Crippen LogP contribution in [0, 0.1) is 0 Å². The Morgan fingerprint density at radius 2 is 2.12 bits per heavy atom. The van der Waals surface area contributed by atoms with Crippen molar-refractivity contribution in [1.82, 2.24) is 19.9 Å².